The molecule has 1 saturated heterocycles. The smallest absolute Gasteiger partial charge is 0.255 e. The third-order valence-electron chi connectivity index (χ3n) is 6.45. The van der Waals surface area contributed by atoms with Crippen molar-refractivity contribution in [2.45, 2.75) is 18.9 Å². The van der Waals surface area contributed by atoms with E-state index in [0.717, 1.165) is 6.54 Å². The number of likely N-dealkylation sites (N-methyl/N-ethyl adjacent to an activating group) is 2. The number of anilines is 2. The van der Waals surface area contributed by atoms with Gasteiger partial charge in [-0.3, -0.25) is 24.5 Å². The van der Waals surface area contributed by atoms with E-state index in [-0.39, 0.29) is 42.3 Å². The average Bonchev–Trinajstić information content (AvgIpc) is 2.94. The molecule has 216 valence electrons. The molecule has 0 spiro atoms. The van der Waals surface area contributed by atoms with Crippen molar-refractivity contribution >= 4 is 47.8 Å². The maximum absolute atomic E-state index is 13.4. The van der Waals surface area contributed by atoms with E-state index in [9.17, 15) is 19.2 Å². The summed E-state index contributed by atoms with van der Waals surface area (Å²) in [5.74, 6) is 0.271. The minimum Gasteiger partial charge on any atom is -0.492 e. The van der Waals surface area contributed by atoms with Crippen LogP contribution in [-0.2, 0) is 9.59 Å². The number of carbonyl (C=O) groups is 4. The van der Waals surface area contributed by atoms with Crippen molar-refractivity contribution in [1.82, 2.24) is 15.1 Å². The average molecular weight is 581 g/mol. The number of aldehydes is 1. The van der Waals surface area contributed by atoms with Crippen LogP contribution in [-0.4, -0.2) is 74.1 Å². The first-order valence-electron chi connectivity index (χ1n) is 12.9. The number of piperidine rings is 1. The highest BCUT2D eigenvalue weighted by molar-refractivity contribution is 6.07. The summed E-state index contributed by atoms with van der Waals surface area (Å²) in [6.45, 7) is 1.23. The summed E-state index contributed by atoms with van der Waals surface area (Å²) in [6, 6.07) is 18.6. The molecule has 11 heteroatoms. The van der Waals surface area contributed by atoms with Crippen molar-refractivity contribution in [1.29, 1.82) is 0 Å². The summed E-state index contributed by atoms with van der Waals surface area (Å²) in [4.78, 5) is 52.8. The Labute approximate surface area is 245 Å². The second-order valence-corrected chi connectivity index (χ2v) is 9.62. The van der Waals surface area contributed by atoms with Crippen LogP contribution in [0.15, 0.2) is 66.7 Å². The molecule has 0 aromatic heterocycles. The van der Waals surface area contributed by atoms with Gasteiger partial charge in [-0.05, 0) is 56.9 Å². The lowest BCUT2D eigenvalue weighted by atomic mass is 10.0. The number of nitrogens with zero attached hydrogens (tertiary/aromatic N) is 2. The van der Waals surface area contributed by atoms with Gasteiger partial charge in [-0.2, -0.15) is 0 Å². The first kappa shape index (κ1) is 31.1. The molecule has 4 rings (SSSR count). The van der Waals surface area contributed by atoms with Crippen LogP contribution in [0.1, 0.15) is 33.6 Å². The fraction of sp³-hybridized carbons (Fsp3) is 0.267. The number of rotatable bonds is 11. The predicted octanol–water partition coefficient (Wildman–Crippen LogP) is 4.27. The standard InChI is InChI=1S/C30H32N4O6.ClH/c1-33(2)16-17-39-21-12-13-25(27(18-21)40-20-8-5-4-6-9-20)31-24-11-7-10-22(23(24)19-35)30(38)34(3)26-14-15-28(36)32-29(26)37;/h4-13,18-19,26,31H,14-17H2,1-3H3,(H,32,36,37);1H. The van der Waals surface area contributed by atoms with Gasteiger partial charge in [0.05, 0.1) is 16.8 Å². The van der Waals surface area contributed by atoms with Crippen LogP contribution in [0, 0.1) is 0 Å². The fourth-order valence-corrected chi connectivity index (χ4v) is 4.26. The van der Waals surface area contributed by atoms with Crippen molar-refractivity contribution in [2.24, 2.45) is 0 Å². The van der Waals surface area contributed by atoms with Crippen LogP contribution in [0.4, 0.5) is 11.4 Å². The van der Waals surface area contributed by atoms with Gasteiger partial charge in [0, 0.05) is 31.8 Å². The summed E-state index contributed by atoms with van der Waals surface area (Å²) >= 11 is 0. The van der Waals surface area contributed by atoms with Crippen molar-refractivity contribution in [3.63, 3.8) is 0 Å². The van der Waals surface area contributed by atoms with E-state index in [1.165, 1.54) is 18.0 Å². The van der Waals surface area contributed by atoms with E-state index in [1.54, 1.807) is 30.3 Å². The number of para-hydroxylation sites is 1. The number of halogens is 1. The van der Waals surface area contributed by atoms with E-state index in [1.807, 2.05) is 49.3 Å². The Morgan fingerprint density at radius 3 is 2.44 bits per heavy atom. The molecule has 3 amide bonds. The van der Waals surface area contributed by atoms with Crippen LogP contribution in [0.25, 0.3) is 0 Å². The Kier molecular flexibility index (Phi) is 10.8. The van der Waals surface area contributed by atoms with E-state index < -0.39 is 17.9 Å². The Balaban J connectivity index is 0.00000462. The summed E-state index contributed by atoms with van der Waals surface area (Å²) in [5.41, 5.74) is 1.19. The van der Waals surface area contributed by atoms with E-state index >= 15 is 0 Å². The Bertz CT molecular complexity index is 1400. The van der Waals surface area contributed by atoms with Crippen molar-refractivity contribution in [3.05, 3.63) is 77.9 Å². The second kappa shape index (κ2) is 14.3. The molecular weight excluding hydrogens is 548 g/mol. The number of amides is 3. The van der Waals surface area contributed by atoms with Crippen LogP contribution in [0.3, 0.4) is 0 Å². The zero-order valence-electron chi connectivity index (χ0n) is 23.1. The van der Waals surface area contributed by atoms with Crippen LogP contribution >= 0.6 is 12.4 Å². The zero-order chi connectivity index (χ0) is 28.6. The number of ether oxygens (including phenoxy) is 2. The molecule has 0 radical (unpaired) electrons. The molecule has 1 unspecified atom stereocenters. The molecule has 3 aromatic rings. The first-order valence-corrected chi connectivity index (χ1v) is 12.9. The maximum Gasteiger partial charge on any atom is 0.255 e. The largest absolute Gasteiger partial charge is 0.492 e. The van der Waals surface area contributed by atoms with Gasteiger partial charge in [-0.1, -0.05) is 24.3 Å². The lowest BCUT2D eigenvalue weighted by Crippen LogP contribution is -2.53. The fourth-order valence-electron chi connectivity index (χ4n) is 4.26. The molecule has 2 N–H and O–H groups in total. The lowest BCUT2D eigenvalue weighted by Gasteiger charge is -2.30. The number of hydrogen-bond donors (Lipinski definition) is 2. The summed E-state index contributed by atoms with van der Waals surface area (Å²) in [6.07, 6.45) is 0.948. The second-order valence-electron chi connectivity index (χ2n) is 9.62. The molecule has 10 nitrogen and oxygen atoms in total. The topological polar surface area (TPSA) is 117 Å². The summed E-state index contributed by atoms with van der Waals surface area (Å²) < 4.78 is 12.0. The van der Waals surface area contributed by atoms with E-state index in [2.05, 4.69) is 10.6 Å². The van der Waals surface area contributed by atoms with Crippen molar-refractivity contribution in [2.75, 3.05) is 39.6 Å². The Hall–Kier alpha value is -4.41. The minimum atomic E-state index is -0.813. The van der Waals surface area contributed by atoms with Gasteiger partial charge in [0.25, 0.3) is 5.91 Å². The molecule has 41 heavy (non-hydrogen) atoms. The van der Waals surface area contributed by atoms with Crippen LogP contribution < -0.4 is 20.1 Å². The molecule has 0 saturated carbocycles. The van der Waals surface area contributed by atoms with E-state index in [0.29, 0.717) is 41.5 Å². The molecule has 0 aliphatic carbocycles. The van der Waals surface area contributed by atoms with Crippen LogP contribution in [0.5, 0.6) is 17.2 Å². The highest BCUT2D eigenvalue weighted by Gasteiger charge is 2.33. The third kappa shape index (κ3) is 7.84. The molecule has 1 aliphatic rings. The summed E-state index contributed by atoms with van der Waals surface area (Å²) in [5, 5.41) is 5.49. The van der Waals surface area contributed by atoms with Crippen molar-refractivity contribution < 1.29 is 28.7 Å². The quantitative estimate of drug-likeness (QED) is 0.255. The lowest BCUT2D eigenvalue weighted by molar-refractivity contribution is -0.136. The maximum atomic E-state index is 13.4. The number of benzene rings is 3. The number of carbonyl (C=O) groups excluding carboxylic acids is 4. The minimum absolute atomic E-state index is 0. The molecule has 0 bridgehead atoms. The van der Waals surface area contributed by atoms with Crippen LogP contribution in [0.2, 0.25) is 0 Å². The highest BCUT2D eigenvalue weighted by Crippen LogP contribution is 2.36. The number of imide groups is 1. The summed E-state index contributed by atoms with van der Waals surface area (Å²) in [7, 11) is 5.41. The first-order chi connectivity index (χ1) is 19.3. The zero-order valence-corrected chi connectivity index (χ0v) is 23.9. The predicted molar refractivity (Wildman–Crippen MR) is 158 cm³/mol. The van der Waals surface area contributed by atoms with Gasteiger partial charge in [0.2, 0.25) is 11.8 Å². The number of nitrogens with one attached hydrogen (secondary N) is 2. The van der Waals surface area contributed by atoms with E-state index in [4.69, 9.17) is 9.47 Å². The number of hydrogen-bond acceptors (Lipinski definition) is 8. The van der Waals surface area contributed by atoms with Gasteiger partial charge in [-0.15, -0.1) is 12.4 Å². The Morgan fingerprint density at radius 1 is 1.00 bits per heavy atom. The van der Waals surface area contributed by atoms with Gasteiger partial charge in [-0.25, -0.2) is 0 Å². The molecule has 1 aliphatic heterocycles. The molecule has 1 heterocycles. The monoisotopic (exact) mass is 580 g/mol. The normalized spacial score (nSPS) is 14.5. The molecular formula is C30H33ClN4O6. The molecule has 3 aromatic carbocycles. The third-order valence-corrected chi connectivity index (χ3v) is 6.45. The van der Waals surface area contributed by atoms with Gasteiger partial charge >= 0.3 is 0 Å². The van der Waals surface area contributed by atoms with Gasteiger partial charge in [0.1, 0.15) is 24.1 Å². The Morgan fingerprint density at radius 2 is 1.76 bits per heavy atom. The molecule has 1 fully saturated rings. The van der Waals surface area contributed by atoms with Crippen molar-refractivity contribution in [3.8, 4) is 17.2 Å². The molecule has 1 atom stereocenters. The van der Waals surface area contributed by atoms with Gasteiger partial charge in [0.15, 0.2) is 12.0 Å². The SMILES string of the molecule is CN(C)CCOc1ccc(Nc2cccc(C(=O)N(C)C3CCC(=O)NC3=O)c2C=O)c(Oc2ccccc2)c1.Cl. The van der Waals surface area contributed by atoms with Gasteiger partial charge < -0.3 is 24.6 Å². The highest BCUT2D eigenvalue weighted by atomic mass is 35.5.